The standard InChI is InChI=1S/C17H14ClFN2O2S2/c1-11-15(18)3-2-4-16(11)25(22,23)21-17-20-14(10-24-17)9-12-5-7-13(19)8-6-12/h2-8,10H,9H2,1H3,(H,20,21). The van der Waals surface area contributed by atoms with E-state index in [0.717, 1.165) is 5.56 Å². The zero-order valence-electron chi connectivity index (χ0n) is 13.2. The normalized spacial score (nSPS) is 11.5. The van der Waals surface area contributed by atoms with Crippen molar-refractivity contribution in [3.05, 3.63) is 75.5 Å². The van der Waals surface area contributed by atoms with E-state index in [9.17, 15) is 12.8 Å². The van der Waals surface area contributed by atoms with E-state index in [1.54, 1.807) is 36.6 Å². The van der Waals surface area contributed by atoms with Crippen LogP contribution in [0.15, 0.2) is 52.7 Å². The first-order valence-corrected chi connectivity index (χ1v) is 10.1. The van der Waals surface area contributed by atoms with Crippen molar-refractivity contribution in [3.8, 4) is 0 Å². The van der Waals surface area contributed by atoms with Crippen molar-refractivity contribution in [3.63, 3.8) is 0 Å². The van der Waals surface area contributed by atoms with Crippen molar-refractivity contribution < 1.29 is 12.8 Å². The topological polar surface area (TPSA) is 59.1 Å². The van der Waals surface area contributed by atoms with Gasteiger partial charge >= 0.3 is 0 Å². The van der Waals surface area contributed by atoms with Crippen LogP contribution < -0.4 is 4.72 Å². The molecule has 0 atom stereocenters. The Bertz CT molecular complexity index is 1000. The molecule has 0 saturated carbocycles. The molecule has 0 unspecified atom stereocenters. The lowest BCUT2D eigenvalue weighted by Gasteiger charge is -2.09. The number of benzene rings is 2. The second-order valence-electron chi connectivity index (χ2n) is 5.42. The monoisotopic (exact) mass is 396 g/mol. The Morgan fingerprint density at radius 3 is 2.64 bits per heavy atom. The van der Waals surface area contributed by atoms with Crippen molar-refractivity contribution in [2.24, 2.45) is 0 Å². The molecule has 0 bridgehead atoms. The van der Waals surface area contributed by atoms with Gasteiger partial charge in [-0.05, 0) is 42.3 Å². The zero-order valence-corrected chi connectivity index (χ0v) is 15.6. The average Bonchev–Trinajstić information content (AvgIpc) is 2.98. The molecular weight excluding hydrogens is 383 g/mol. The third kappa shape index (κ3) is 4.18. The van der Waals surface area contributed by atoms with Crippen LogP contribution in [0.4, 0.5) is 9.52 Å². The minimum absolute atomic E-state index is 0.121. The molecule has 0 aliphatic heterocycles. The van der Waals surface area contributed by atoms with Gasteiger partial charge in [0.1, 0.15) is 5.82 Å². The molecule has 2 aromatic carbocycles. The van der Waals surface area contributed by atoms with Crippen LogP contribution in [-0.2, 0) is 16.4 Å². The summed E-state index contributed by atoms with van der Waals surface area (Å²) in [6.07, 6.45) is 0.495. The van der Waals surface area contributed by atoms with E-state index in [1.807, 2.05) is 0 Å². The molecule has 0 saturated heterocycles. The summed E-state index contributed by atoms with van der Waals surface area (Å²) in [5, 5.41) is 2.43. The van der Waals surface area contributed by atoms with Gasteiger partial charge in [0, 0.05) is 16.8 Å². The number of hydrogen-bond donors (Lipinski definition) is 1. The summed E-state index contributed by atoms with van der Waals surface area (Å²) in [4.78, 5) is 4.41. The predicted octanol–water partition coefficient (Wildman–Crippen LogP) is 4.64. The number of rotatable bonds is 5. The van der Waals surface area contributed by atoms with Gasteiger partial charge in [-0.3, -0.25) is 4.72 Å². The van der Waals surface area contributed by atoms with Gasteiger partial charge in [0.2, 0.25) is 0 Å². The Morgan fingerprint density at radius 1 is 1.20 bits per heavy atom. The number of nitrogens with zero attached hydrogens (tertiary/aromatic N) is 1. The van der Waals surface area contributed by atoms with Crippen LogP contribution in [0.5, 0.6) is 0 Å². The van der Waals surface area contributed by atoms with Crippen molar-refractivity contribution >= 4 is 38.1 Å². The number of anilines is 1. The number of hydrogen-bond acceptors (Lipinski definition) is 4. The van der Waals surface area contributed by atoms with E-state index < -0.39 is 10.0 Å². The molecular formula is C17H14ClFN2O2S2. The van der Waals surface area contributed by atoms with Crippen LogP contribution in [0, 0.1) is 12.7 Å². The SMILES string of the molecule is Cc1c(Cl)cccc1S(=O)(=O)Nc1nc(Cc2ccc(F)cc2)cs1. The number of thiazole rings is 1. The largest absolute Gasteiger partial charge is 0.263 e. The summed E-state index contributed by atoms with van der Waals surface area (Å²) in [6.45, 7) is 1.65. The summed E-state index contributed by atoms with van der Waals surface area (Å²) in [6, 6.07) is 10.8. The fraction of sp³-hybridized carbons (Fsp3) is 0.118. The van der Waals surface area contributed by atoms with Gasteiger partial charge in [0.25, 0.3) is 10.0 Å². The van der Waals surface area contributed by atoms with E-state index >= 15 is 0 Å². The molecule has 0 aliphatic carbocycles. The Kier molecular flexibility index (Phi) is 5.08. The molecule has 0 radical (unpaired) electrons. The summed E-state index contributed by atoms with van der Waals surface area (Å²) in [7, 11) is -3.77. The molecule has 3 rings (SSSR count). The minimum atomic E-state index is -3.77. The van der Waals surface area contributed by atoms with Gasteiger partial charge in [-0.1, -0.05) is 29.8 Å². The molecule has 3 aromatic rings. The maximum Gasteiger partial charge on any atom is 0.263 e. The number of halogens is 2. The Hall–Kier alpha value is -1.96. The number of aromatic nitrogens is 1. The molecule has 1 heterocycles. The van der Waals surface area contributed by atoms with E-state index in [4.69, 9.17) is 11.6 Å². The van der Waals surface area contributed by atoms with Crippen molar-refractivity contribution in [2.45, 2.75) is 18.2 Å². The maximum atomic E-state index is 12.9. The molecule has 8 heteroatoms. The molecule has 0 spiro atoms. The van der Waals surface area contributed by atoms with E-state index in [-0.39, 0.29) is 15.8 Å². The molecule has 0 fully saturated rings. The molecule has 25 heavy (non-hydrogen) atoms. The summed E-state index contributed by atoms with van der Waals surface area (Å²) < 4.78 is 40.5. The highest BCUT2D eigenvalue weighted by Crippen LogP contribution is 2.26. The lowest BCUT2D eigenvalue weighted by Crippen LogP contribution is -2.14. The van der Waals surface area contributed by atoms with Gasteiger partial charge in [0.05, 0.1) is 10.6 Å². The van der Waals surface area contributed by atoms with E-state index in [1.165, 1.54) is 29.5 Å². The molecule has 0 aliphatic rings. The first-order valence-electron chi connectivity index (χ1n) is 7.32. The smallest absolute Gasteiger partial charge is 0.255 e. The van der Waals surface area contributed by atoms with Crippen molar-refractivity contribution in [1.82, 2.24) is 4.98 Å². The Morgan fingerprint density at radius 2 is 1.92 bits per heavy atom. The van der Waals surface area contributed by atoms with Crippen LogP contribution in [0.25, 0.3) is 0 Å². The molecule has 0 amide bonds. The summed E-state index contributed by atoms with van der Waals surface area (Å²) in [5.74, 6) is -0.299. The highest BCUT2D eigenvalue weighted by molar-refractivity contribution is 7.93. The quantitative estimate of drug-likeness (QED) is 0.683. The van der Waals surface area contributed by atoms with Gasteiger partial charge in [-0.15, -0.1) is 11.3 Å². The molecule has 1 N–H and O–H groups in total. The number of sulfonamides is 1. The van der Waals surface area contributed by atoms with Gasteiger partial charge in [-0.25, -0.2) is 17.8 Å². The molecule has 1 aromatic heterocycles. The first kappa shape index (κ1) is 17.8. The van der Waals surface area contributed by atoms with E-state index in [0.29, 0.717) is 22.7 Å². The zero-order chi connectivity index (χ0) is 18.0. The van der Waals surface area contributed by atoms with Crippen LogP contribution in [0.1, 0.15) is 16.8 Å². The second kappa shape index (κ2) is 7.11. The lowest BCUT2D eigenvalue weighted by atomic mass is 10.1. The Balaban J connectivity index is 1.78. The highest BCUT2D eigenvalue weighted by atomic mass is 35.5. The van der Waals surface area contributed by atoms with Crippen molar-refractivity contribution in [1.29, 1.82) is 0 Å². The summed E-state index contributed by atoms with van der Waals surface area (Å²) in [5.41, 5.74) is 2.09. The molecule has 130 valence electrons. The predicted molar refractivity (Wildman–Crippen MR) is 98.3 cm³/mol. The van der Waals surface area contributed by atoms with Gasteiger partial charge < -0.3 is 0 Å². The third-order valence-corrected chi connectivity index (χ3v) is 6.41. The van der Waals surface area contributed by atoms with Gasteiger partial charge in [-0.2, -0.15) is 0 Å². The van der Waals surface area contributed by atoms with Crippen LogP contribution in [0.3, 0.4) is 0 Å². The maximum absolute atomic E-state index is 12.9. The highest BCUT2D eigenvalue weighted by Gasteiger charge is 2.19. The number of nitrogens with one attached hydrogen (secondary N) is 1. The fourth-order valence-electron chi connectivity index (χ4n) is 2.30. The Labute approximate surface area is 154 Å². The second-order valence-corrected chi connectivity index (χ2v) is 8.33. The first-order chi connectivity index (χ1) is 11.8. The van der Waals surface area contributed by atoms with Gasteiger partial charge in [0.15, 0.2) is 5.13 Å². The average molecular weight is 397 g/mol. The summed E-state index contributed by atoms with van der Waals surface area (Å²) >= 11 is 7.19. The van der Waals surface area contributed by atoms with Crippen molar-refractivity contribution in [2.75, 3.05) is 4.72 Å². The van der Waals surface area contributed by atoms with Crippen LogP contribution >= 0.6 is 22.9 Å². The third-order valence-electron chi connectivity index (χ3n) is 3.58. The minimum Gasteiger partial charge on any atom is -0.255 e. The fourth-order valence-corrected chi connectivity index (χ4v) is 4.76. The lowest BCUT2D eigenvalue weighted by molar-refractivity contribution is 0.600. The van der Waals surface area contributed by atoms with E-state index in [2.05, 4.69) is 9.71 Å². The van der Waals surface area contributed by atoms with Crippen LogP contribution in [0.2, 0.25) is 5.02 Å². The molecule has 4 nitrogen and oxygen atoms in total. The van der Waals surface area contributed by atoms with Crippen LogP contribution in [-0.4, -0.2) is 13.4 Å².